The van der Waals surface area contributed by atoms with Crippen LogP contribution in [0, 0.1) is 5.41 Å². The van der Waals surface area contributed by atoms with Crippen LogP contribution in [-0.4, -0.2) is 68.3 Å². The van der Waals surface area contributed by atoms with E-state index >= 15 is 0 Å². The molecule has 0 spiro atoms. The highest BCUT2D eigenvalue weighted by Gasteiger charge is 2.38. The monoisotopic (exact) mass is 509 g/mol. The Morgan fingerprint density at radius 3 is 2.14 bits per heavy atom. The van der Waals surface area contributed by atoms with Gasteiger partial charge in [0.1, 0.15) is 6.61 Å². The number of nitrogens with zero attached hydrogens (tertiary/aromatic N) is 1. The topological polar surface area (TPSA) is 68.2 Å². The number of aliphatic hydroxyl groups excluding tert-OH is 1. The Morgan fingerprint density at radius 2 is 1.53 bits per heavy atom. The van der Waals surface area contributed by atoms with Crippen LogP contribution < -0.4 is 0 Å². The van der Waals surface area contributed by atoms with E-state index in [1.54, 1.807) is 0 Å². The zero-order valence-electron chi connectivity index (χ0n) is 23.6. The number of ether oxygens (including phenoxy) is 3. The van der Waals surface area contributed by atoms with Crippen LogP contribution in [0.25, 0.3) is 0 Å². The van der Waals surface area contributed by atoms with Crippen molar-refractivity contribution >= 4 is 5.97 Å². The van der Waals surface area contributed by atoms with Gasteiger partial charge in [0, 0.05) is 19.4 Å². The molecule has 0 radical (unpaired) electrons. The molecular weight excluding hydrogens is 454 g/mol. The van der Waals surface area contributed by atoms with Gasteiger partial charge in [-0.2, -0.15) is 0 Å². The van der Waals surface area contributed by atoms with Crippen LogP contribution >= 0.6 is 0 Å². The molecule has 6 heteroatoms. The van der Waals surface area contributed by atoms with E-state index in [1.165, 1.54) is 38.5 Å². The normalized spacial score (nSPS) is 20.6. The first-order valence-electron chi connectivity index (χ1n) is 14.6. The van der Waals surface area contributed by atoms with Gasteiger partial charge in [-0.3, -0.25) is 4.79 Å². The molecule has 36 heavy (non-hydrogen) atoms. The first kappa shape index (κ1) is 32.8. The predicted octanol–water partition coefficient (Wildman–Crippen LogP) is 6.43. The quantitative estimate of drug-likeness (QED) is 0.103. The van der Waals surface area contributed by atoms with E-state index in [4.69, 9.17) is 14.2 Å². The Kier molecular flexibility index (Phi) is 19.9. The Hall–Kier alpha value is -1.21. The molecule has 1 aliphatic heterocycles. The van der Waals surface area contributed by atoms with Crippen molar-refractivity contribution in [1.29, 1.82) is 0 Å². The number of carbonyl (C=O) groups excluding carboxylic acids is 1. The lowest BCUT2D eigenvalue weighted by Crippen LogP contribution is -2.48. The molecule has 0 bridgehead atoms. The Balaban J connectivity index is 2.04. The molecule has 1 heterocycles. The summed E-state index contributed by atoms with van der Waals surface area (Å²) in [5.41, 5.74) is -0.653. The third-order valence-electron chi connectivity index (χ3n) is 6.93. The zero-order chi connectivity index (χ0) is 26.3. The molecule has 0 amide bonds. The molecule has 1 aliphatic rings. The molecule has 1 N–H and O–H groups in total. The molecule has 0 aromatic carbocycles. The van der Waals surface area contributed by atoms with Crippen molar-refractivity contribution in [3.05, 3.63) is 24.3 Å². The molecule has 0 aliphatic carbocycles. The highest BCUT2D eigenvalue weighted by molar-refractivity contribution is 5.69. The maximum atomic E-state index is 12.2. The average Bonchev–Trinajstić information content (AvgIpc) is 2.91. The van der Waals surface area contributed by atoms with Crippen LogP contribution in [-0.2, 0) is 19.0 Å². The van der Waals surface area contributed by atoms with Gasteiger partial charge in [-0.15, -0.1) is 0 Å². The molecule has 6 nitrogen and oxygen atoms in total. The number of allylic oxidation sites excluding steroid dienone is 4. The maximum Gasteiger partial charge on any atom is 0.305 e. The third kappa shape index (κ3) is 15.8. The Bertz CT molecular complexity index is 580. The molecule has 0 atom stereocenters. The van der Waals surface area contributed by atoms with Gasteiger partial charge < -0.3 is 24.2 Å². The highest BCUT2D eigenvalue weighted by Crippen LogP contribution is 2.26. The Labute approximate surface area is 221 Å². The number of rotatable bonds is 22. The van der Waals surface area contributed by atoms with Crippen LogP contribution in [0.1, 0.15) is 104 Å². The standard InChI is InChI=1S/C30H55NO5/c1-4-7-8-9-10-11-12-13-14-15-16-17-18-19-20-21-28(33)34-25-30(24-32)26-35-29(36-27-30)22-23-31(5-2)6-3/h10-11,13-14,29,32H,4-9,12,15-27H2,1-3H3/b11-10-,14-13-. The second kappa shape index (κ2) is 21.8. The van der Waals surface area contributed by atoms with Gasteiger partial charge in [0.25, 0.3) is 0 Å². The minimum absolute atomic E-state index is 0.118. The van der Waals surface area contributed by atoms with Gasteiger partial charge in [0.05, 0.1) is 25.2 Å². The van der Waals surface area contributed by atoms with Gasteiger partial charge in [-0.05, 0) is 51.6 Å². The molecule has 1 saturated heterocycles. The number of unbranched alkanes of at least 4 members (excludes halogenated alkanes) is 8. The van der Waals surface area contributed by atoms with E-state index in [2.05, 4.69) is 50.0 Å². The predicted molar refractivity (Wildman–Crippen MR) is 148 cm³/mol. The molecular formula is C30H55NO5. The van der Waals surface area contributed by atoms with Crippen molar-refractivity contribution in [2.75, 3.05) is 46.1 Å². The first-order chi connectivity index (χ1) is 17.6. The fourth-order valence-electron chi connectivity index (χ4n) is 4.23. The highest BCUT2D eigenvalue weighted by atomic mass is 16.7. The van der Waals surface area contributed by atoms with E-state index in [-0.39, 0.29) is 25.5 Å². The van der Waals surface area contributed by atoms with Crippen LogP contribution in [0.4, 0.5) is 0 Å². The molecule has 1 rings (SSSR count). The van der Waals surface area contributed by atoms with E-state index in [9.17, 15) is 9.90 Å². The molecule has 0 unspecified atom stereocenters. The van der Waals surface area contributed by atoms with E-state index in [0.717, 1.165) is 58.2 Å². The fraction of sp³-hybridized carbons (Fsp3) is 0.833. The molecule has 0 aromatic rings. The number of esters is 1. The van der Waals surface area contributed by atoms with Crippen LogP contribution in [0.15, 0.2) is 24.3 Å². The number of carbonyl (C=O) groups is 1. The van der Waals surface area contributed by atoms with Crippen molar-refractivity contribution in [3.63, 3.8) is 0 Å². The molecule has 0 aromatic heterocycles. The van der Waals surface area contributed by atoms with Gasteiger partial charge in [-0.1, -0.05) is 77.2 Å². The Morgan fingerprint density at radius 1 is 0.917 bits per heavy atom. The summed E-state index contributed by atoms with van der Waals surface area (Å²) in [5.74, 6) is -0.197. The van der Waals surface area contributed by atoms with Gasteiger partial charge in [0.15, 0.2) is 6.29 Å². The number of hydrogen-bond donors (Lipinski definition) is 1. The molecule has 210 valence electrons. The van der Waals surface area contributed by atoms with E-state index in [1.807, 2.05) is 0 Å². The van der Waals surface area contributed by atoms with Gasteiger partial charge >= 0.3 is 5.97 Å². The second-order valence-corrected chi connectivity index (χ2v) is 10.2. The lowest BCUT2D eigenvalue weighted by molar-refractivity contribution is -0.248. The summed E-state index contributed by atoms with van der Waals surface area (Å²) in [6, 6.07) is 0. The molecule has 1 fully saturated rings. The summed E-state index contributed by atoms with van der Waals surface area (Å²) in [7, 11) is 0. The largest absolute Gasteiger partial charge is 0.465 e. The van der Waals surface area contributed by atoms with E-state index in [0.29, 0.717) is 19.6 Å². The minimum Gasteiger partial charge on any atom is -0.465 e. The fourth-order valence-corrected chi connectivity index (χ4v) is 4.23. The lowest BCUT2D eigenvalue weighted by Gasteiger charge is -2.38. The van der Waals surface area contributed by atoms with Gasteiger partial charge in [-0.25, -0.2) is 0 Å². The summed E-state index contributed by atoms with van der Waals surface area (Å²) in [4.78, 5) is 14.5. The SMILES string of the molecule is CCCCC/C=C\C/C=C\CCCCCCCC(=O)OCC1(CO)COC(CCN(CC)CC)OC1. The number of hydrogen-bond acceptors (Lipinski definition) is 6. The summed E-state index contributed by atoms with van der Waals surface area (Å²) in [5, 5.41) is 9.88. The van der Waals surface area contributed by atoms with Crippen molar-refractivity contribution < 1.29 is 24.1 Å². The summed E-state index contributed by atoms with van der Waals surface area (Å²) in [6.45, 7) is 10.2. The van der Waals surface area contributed by atoms with Crippen molar-refractivity contribution in [2.45, 2.75) is 111 Å². The van der Waals surface area contributed by atoms with Crippen LogP contribution in [0.3, 0.4) is 0 Å². The van der Waals surface area contributed by atoms with Crippen molar-refractivity contribution in [1.82, 2.24) is 4.90 Å². The van der Waals surface area contributed by atoms with Crippen LogP contribution in [0.2, 0.25) is 0 Å². The number of aliphatic hydroxyl groups is 1. The van der Waals surface area contributed by atoms with Gasteiger partial charge in [0.2, 0.25) is 0 Å². The van der Waals surface area contributed by atoms with E-state index < -0.39 is 5.41 Å². The third-order valence-corrected chi connectivity index (χ3v) is 6.93. The van der Waals surface area contributed by atoms with Crippen molar-refractivity contribution in [3.8, 4) is 0 Å². The lowest BCUT2D eigenvalue weighted by atomic mass is 9.91. The minimum atomic E-state index is -0.653. The summed E-state index contributed by atoms with van der Waals surface area (Å²) in [6.07, 6.45) is 22.9. The van der Waals surface area contributed by atoms with Crippen molar-refractivity contribution in [2.24, 2.45) is 5.41 Å². The zero-order valence-corrected chi connectivity index (χ0v) is 23.6. The molecule has 0 saturated carbocycles. The first-order valence-corrected chi connectivity index (χ1v) is 14.6. The smallest absolute Gasteiger partial charge is 0.305 e. The second-order valence-electron chi connectivity index (χ2n) is 10.2. The maximum absolute atomic E-state index is 12.2. The van der Waals surface area contributed by atoms with Crippen LogP contribution in [0.5, 0.6) is 0 Å². The summed E-state index contributed by atoms with van der Waals surface area (Å²) < 4.78 is 17.2. The summed E-state index contributed by atoms with van der Waals surface area (Å²) >= 11 is 0. The average molecular weight is 510 g/mol.